The van der Waals surface area contributed by atoms with Crippen molar-refractivity contribution >= 4 is 23.2 Å². The van der Waals surface area contributed by atoms with E-state index in [1.165, 1.54) is 0 Å². The van der Waals surface area contributed by atoms with E-state index in [0.717, 1.165) is 16.2 Å². The lowest BCUT2D eigenvalue weighted by atomic mass is 10.3. The number of nitrogens with zero attached hydrogens (tertiary/aromatic N) is 1. The largest absolute Gasteiger partial charge is 0.307 e. The zero-order valence-corrected chi connectivity index (χ0v) is 12.7. The van der Waals surface area contributed by atoms with Gasteiger partial charge in [0.05, 0.1) is 0 Å². The summed E-state index contributed by atoms with van der Waals surface area (Å²) in [6.45, 7) is 1.96. The summed E-state index contributed by atoms with van der Waals surface area (Å²) in [7, 11) is -2.93. The summed E-state index contributed by atoms with van der Waals surface area (Å²) in [5.74, 6) is 0. The normalized spacial score (nSPS) is 11.3. The van der Waals surface area contributed by atoms with Gasteiger partial charge in [-0.3, -0.25) is 4.98 Å². The van der Waals surface area contributed by atoms with E-state index in [1.807, 2.05) is 79.7 Å². The minimum absolute atomic E-state index is 0.669. The molecular weight excluding hydrogens is 277 g/mol. The van der Waals surface area contributed by atoms with Crippen LogP contribution in [-0.2, 0) is 4.57 Å². The summed E-state index contributed by atoms with van der Waals surface area (Å²) in [6, 6.07) is 23.1. The molecule has 0 aliphatic carbocycles. The third-order valence-corrected chi connectivity index (χ3v) is 6.64. The Kier molecular flexibility index (Phi) is 3.72. The molecule has 0 N–H and O–H groups in total. The van der Waals surface area contributed by atoms with Crippen molar-refractivity contribution in [1.29, 1.82) is 0 Å². The van der Waals surface area contributed by atoms with Gasteiger partial charge in [-0.25, -0.2) is 0 Å². The molecule has 0 bridgehead atoms. The Morgan fingerprint density at radius 3 is 1.76 bits per heavy atom. The second-order valence-corrected chi connectivity index (χ2v) is 7.60. The SMILES string of the molecule is Cc1cccnc1P(=O)(c1ccccc1)c1ccccc1. The molecule has 3 heteroatoms. The van der Waals surface area contributed by atoms with Crippen LogP contribution >= 0.6 is 7.14 Å². The second kappa shape index (κ2) is 5.67. The smallest absolute Gasteiger partial charge is 0.188 e. The zero-order valence-electron chi connectivity index (χ0n) is 11.8. The predicted octanol–water partition coefficient (Wildman–Crippen LogP) is 3.03. The van der Waals surface area contributed by atoms with Crippen LogP contribution < -0.4 is 16.0 Å². The summed E-state index contributed by atoms with van der Waals surface area (Å²) in [5, 5.41) is 1.64. The highest BCUT2D eigenvalue weighted by Crippen LogP contribution is 2.42. The number of hydrogen-bond donors (Lipinski definition) is 0. The zero-order chi connectivity index (χ0) is 14.7. The summed E-state index contributed by atoms with van der Waals surface area (Å²) in [6.07, 6.45) is 1.71. The predicted molar refractivity (Wildman–Crippen MR) is 88.4 cm³/mol. The van der Waals surface area contributed by atoms with E-state index in [4.69, 9.17) is 0 Å². The Balaban J connectivity index is 2.32. The molecule has 0 atom stereocenters. The highest BCUT2D eigenvalue weighted by atomic mass is 31.2. The Morgan fingerprint density at radius 2 is 1.29 bits per heavy atom. The average Bonchev–Trinajstić information content (AvgIpc) is 2.56. The van der Waals surface area contributed by atoms with Gasteiger partial charge in [-0.15, -0.1) is 0 Å². The van der Waals surface area contributed by atoms with Crippen LogP contribution in [0.4, 0.5) is 0 Å². The number of rotatable bonds is 3. The molecule has 0 saturated carbocycles. The third-order valence-electron chi connectivity index (χ3n) is 3.52. The van der Waals surface area contributed by atoms with Gasteiger partial charge in [0.2, 0.25) is 0 Å². The Morgan fingerprint density at radius 1 is 0.762 bits per heavy atom. The minimum Gasteiger partial charge on any atom is -0.307 e. The van der Waals surface area contributed by atoms with Crippen LogP contribution in [0.15, 0.2) is 79.0 Å². The van der Waals surface area contributed by atoms with Crippen molar-refractivity contribution in [3.63, 3.8) is 0 Å². The molecule has 0 radical (unpaired) electrons. The minimum atomic E-state index is -2.93. The van der Waals surface area contributed by atoms with Gasteiger partial charge in [0, 0.05) is 16.8 Å². The van der Waals surface area contributed by atoms with E-state index in [2.05, 4.69) is 4.98 Å². The van der Waals surface area contributed by atoms with Crippen molar-refractivity contribution < 1.29 is 4.57 Å². The lowest BCUT2D eigenvalue weighted by Crippen LogP contribution is -2.28. The van der Waals surface area contributed by atoms with Gasteiger partial charge in [0.25, 0.3) is 0 Å². The fraction of sp³-hybridized carbons (Fsp3) is 0.0556. The topological polar surface area (TPSA) is 30.0 Å². The molecule has 104 valence electrons. The molecule has 0 unspecified atom stereocenters. The Labute approximate surface area is 124 Å². The number of hydrogen-bond acceptors (Lipinski definition) is 2. The van der Waals surface area contributed by atoms with E-state index in [9.17, 15) is 4.57 Å². The maximum absolute atomic E-state index is 14.0. The van der Waals surface area contributed by atoms with E-state index in [-0.39, 0.29) is 0 Å². The van der Waals surface area contributed by atoms with Gasteiger partial charge in [0.1, 0.15) is 5.44 Å². The lowest BCUT2D eigenvalue weighted by molar-refractivity contribution is 0.592. The van der Waals surface area contributed by atoms with Gasteiger partial charge in [-0.1, -0.05) is 66.7 Å². The molecule has 3 aromatic rings. The van der Waals surface area contributed by atoms with Crippen LogP contribution in [0, 0.1) is 6.92 Å². The standard InChI is InChI=1S/C18H16NOP/c1-15-9-8-14-19-18(15)21(20,16-10-4-2-5-11-16)17-12-6-3-7-13-17/h2-14H,1H3. The highest BCUT2D eigenvalue weighted by Gasteiger charge is 2.32. The van der Waals surface area contributed by atoms with E-state index < -0.39 is 7.14 Å². The second-order valence-electron chi connectivity index (χ2n) is 4.92. The fourth-order valence-corrected chi connectivity index (χ4v) is 5.25. The van der Waals surface area contributed by atoms with E-state index >= 15 is 0 Å². The van der Waals surface area contributed by atoms with Gasteiger partial charge < -0.3 is 4.57 Å². The molecule has 3 rings (SSSR count). The van der Waals surface area contributed by atoms with Crippen LogP contribution in [0.25, 0.3) is 0 Å². The first-order valence-corrected chi connectivity index (χ1v) is 8.57. The van der Waals surface area contributed by atoms with Crippen molar-refractivity contribution in [2.24, 2.45) is 0 Å². The maximum atomic E-state index is 14.0. The molecule has 1 aromatic heterocycles. The van der Waals surface area contributed by atoms with Gasteiger partial charge in [-0.05, 0) is 18.6 Å². The first-order chi connectivity index (χ1) is 10.2. The van der Waals surface area contributed by atoms with Crippen LogP contribution in [0.5, 0.6) is 0 Å². The molecule has 0 amide bonds. The van der Waals surface area contributed by atoms with Crippen LogP contribution in [0.2, 0.25) is 0 Å². The van der Waals surface area contributed by atoms with Crippen LogP contribution in [0.1, 0.15) is 5.56 Å². The van der Waals surface area contributed by atoms with E-state index in [1.54, 1.807) is 6.20 Å². The number of benzene rings is 2. The summed E-state index contributed by atoms with van der Waals surface area (Å²) < 4.78 is 14.0. The molecule has 0 aliphatic heterocycles. The number of aromatic nitrogens is 1. The molecular formula is C18H16NOP. The molecule has 0 saturated heterocycles. The van der Waals surface area contributed by atoms with Crippen molar-refractivity contribution in [3.8, 4) is 0 Å². The molecule has 0 aliphatic rings. The average molecular weight is 293 g/mol. The number of pyridine rings is 1. The summed E-state index contributed by atoms with van der Waals surface area (Å²) >= 11 is 0. The molecule has 21 heavy (non-hydrogen) atoms. The third kappa shape index (κ3) is 2.43. The molecule has 2 aromatic carbocycles. The molecule has 0 fully saturated rings. The van der Waals surface area contributed by atoms with Gasteiger partial charge in [-0.2, -0.15) is 0 Å². The first-order valence-electron chi connectivity index (χ1n) is 6.86. The fourth-order valence-electron chi connectivity index (χ4n) is 2.48. The van der Waals surface area contributed by atoms with Crippen molar-refractivity contribution in [2.45, 2.75) is 6.92 Å². The molecule has 0 spiro atoms. The van der Waals surface area contributed by atoms with Crippen molar-refractivity contribution in [1.82, 2.24) is 4.98 Å². The van der Waals surface area contributed by atoms with Crippen LogP contribution in [0.3, 0.4) is 0 Å². The lowest BCUT2D eigenvalue weighted by Gasteiger charge is -2.20. The number of aryl methyl sites for hydroxylation is 1. The Bertz CT molecular complexity index is 741. The Hall–Kier alpha value is -2.18. The first kappa shape index (κ1) is 13.8. The van der Waals surface area contributed by atoms with Crippen molar-refractivity contribution in [3.05, 3.63) is 84.6 Å². The van der Waals surface area contributed by atoms with E-state index in [0.29, 0.717) is 5.44 Å². The monoisotopic (exact) mass is 293 g/mol. The maximum Gasteiger partial charge on any atom is 0.188 e. The summed E-state index contributed by atoms with van der Waals surface area (Å²) in [4.78, 5) is 4.44. The molecule has 1 heterocycles. The quantitative estimate of drug-likeness (QED) is 0.695. The van der Waals surface area contributed by atoms with Crippen LogP contribution in [-0.4, -0.2) is 4.98 Å². The van der Waals surface area contributed by atoms with Gasteiger partial charge in [0.15, 0.2) is 7.14 Å². The van der Waals surface area contributed by atoms with Gasteiger partial charge >= 0.3 is 0 Å². The van der Waals surface area contributed by atoms with Crippen molar-refractivity contribution in [2.75, 3.05) is 0 Å². The summed E-state index contributed by atoms with van der Waals surface area (Å²) in [5.41, 5.74) is 1.62. The highest BCUT2D eigenvalue weighted by molar-refractivity contribution is 7.85. The molecule has 2 nitrogen and oxygen atoms in total.